The van der Waals surface area contributed by atoms with E-state index in [2.05, 4.69) is 5.32 Å². The van der Waals surface area contributed by atoms with Gasteiger partial charge in [-0.15, -0.1) is 0 Å². The summed E-state index contributed by atoms with van der Waals surface area (Å²) in [6.45, 7) is 0.673. The zero-order chi connectivity index (χ0) is 21.0. The predicted octanol–water partition coefficient (Wildman–Crippen LogP) is 3.27. The van der Waals surface area contributed by atoms with Gasteiger partial charge in [-0.05, 0) is 31.0 Å². The molecule has 1 aliphatic heterocycles. The van der Waals surface area contributed by atoms with Crippen LogP contribution in [0.15, 0.2) is 36.4 Å². The molecule has 1 amide bonds. The van der Waals surface area contributed by atoms with Crippen LogP contribution < -0.4 is 10.2 Å². The van der Waals surface area contributed by atoms with E-state index in [0.717, 1.165) is 31.0 Å². The fourth-order valence-corrected chi connectivity index (χ4v) is 3.07. The lowest BCUT2D eigenvalue weighted by molar-refractivity contribution is -0.384. The Balaban J connectivity index is 1.71. The number of ether oxygens (including phenoxy) is 1. The van der Waals surface area contributed by atoms with Crippen LogP contribution in [0.25, 0.3) is 0 Å². The number of esters is 1. The van der Waals surface area contributed by atoms with Crippen molar-refractivity contribution in [2.24, 2.45) is 0 Å². The summed E-state index contributed by atoms with van der Waals surface area (Å²) in [4.78, 5) is 36.8. The van der Waals surface area contributed by atoms with E-state index in [1.54, 1.807) is 0 Å². The number of rotatable bonds is 6. The van der Waals surface area contributed by atoms with E-state index in [4.69, 9.17) is 4.74 Å². The van der Waals surface area contributed by atoms with Crippen molar-refractivity contribution in [1.29, 1.82) is 0 Å². The molecule has 1 N–H and O–H groups in total. The molecule has 0 aromatic heterocycles. The third kappa shape index (κ3) is 5.03. The maximum absolute atomic E-state index is 13.2. The number of amides is 1. The average molecular weight is 405 g/mol. The normalized spacial score (nSPS) is 13.2. The zero-order valence-electron chi connectivity index (χ0n) is 15.2. The van der Waals surface area contributed by atoms with Crippen LogP contribution in [-0.2, 0) is 9.53 Å². The summed E-state index contributed by atoms with van der Waals surface area (Å²) in [5.74, 6) is -3.46. The van der Waals surface area contributed by atoms with Crippen molar-refractivity contribution in [2.75, 3.05) is 29.9 Å². The summed E-state index contributed by atoms with van der Waals surface area (Å²) in [7, 11) is 0. The number of anilines is 2. The quantitative estimate of drug-likeness (QED) is 0.450. The highest BCUT2D eigenvalue weighted by molar-refractivity contribution is 5.99. The minimum Gasteiger partial charge on any atom is -0.452 e. The summed E-state index contributed by atoms with van der Waals surface area (Å²) in [6.07, 6.45) is 1.86. The number of hydrogen-bond acceptors (Lipinski definition) is 6. The van der Waals surface area contributed by atoms with Crippen LogP contribution >= 0.6 is 0 Å². The summed E-state index contributed by atoms with van der Waals surface area (Å²) >= 11 is 0. The molecule has 2 aromatic carbocycles. The Morgan fingerprint density at radius 3 is 2.38 bits per heavy atom. The number of non-ortho nitro benzene ring substituents is 1. The molecule has 0 saturated carbocycles. The van der Waals surface area contributed by atoms with E-state index < -0.39 is 35.0 Å². The Kier molecular flexibility index (Phi) is 6.01. The molecular formula is C19H17F2N3O5. The Morgan fingerprint density at radius 2 is 1.76 bits per heavy atom. The first-order valence-electron chi connectivity index (χ1n) is 8.80. The Bertz CT molecular complexity index is 941. The minimum atomic E-state index is -0.906. The number of carbonyl (C=O) groups excluding carboxylic acids is 2. The lowest BCUT2D eigenvalue weighted by atomic mass is 10.1. The van der Waals surface area contributed by atoms with Crippen LogP contribution in [0.1, 0.15) is 23.2 Å². The summed E-state index contributed by atoms with van der Waals surface area (Å²) in [5.41, 5.74) is 0.0626. The first-order chi connectivity index (χ1) is 13.8. The third-order valence-corrected chi connectivity index (χ3v) is 4.34. The number of halogens is 2. The maximum Gasteiger partial charge on any atom is 0.341 e. The molecule has 1 fully saturated rings. The molecular weight excluding hydrogens is 388 g/mol. The number of nitrogens with zero attached hydrogens (tertiary/aromatic N) is 2. The lowest BCUT2D eigenvalue weighted by Gasteiger charge is -2.20. The summed E-state index contributed by atoms with van der Waals surface area (Å²) < 4.78 is 31.3. The molecule has 0 bridgehead atoms. The second kappa shape index (κ2) is 8.63. The van der Waals surface area contributed by atoms with Crippen LogP contribution in [-0.4, -0.2) is 36.5 Å². The topological polar surface area (TPSA) is 102 Å². The fourth-order valence-electron chi connectivity index (χ4n) is 3.07. The van der Waals surface area contributed by atoms with E-state index in [9.17, 15) is 28.5 Å². The molecule has 0 unspecified atom stereocenters. The van der Waals surface area contributed by atoms with Gasteiger partial charge in [0, 0.05) is 37.0 Å². The van der Waals surface area contributed by atoms with Crippen LogP contribution in [0.4, 0.5) is 25.8 Å². The molecule has 0 aliphatic carbocycles. The molecule has 152 valence electrons. The van der Waals surface area contributed by atoms with Gasteiger partial charge in [0.2, 0.25) is 0 Å². The van der Waals surface area contributed by atoms with Gasteiger partial charge < -0.3 is 15.0 Å². The Labute approximate surface area is 164 Å². The van der Waals surface area contributed by atoms with Gasteiger partial charge in [-0.25, -0.2) is 13.6 Å². The van der Waals surface area contributed by atoms with Gasteiger partial charge in [0.05, 0.1) is 16.2 Å². The Hall–Kier alpha value is -3.56. The highest BCUT2D eigenvalue weighted by Gasteiger charge is 2.24. The van der Waals surface area contributed by atoms with Gasteiger partial charge >= 0.3 is 5.97 Å². The van der Waals surface area contributed by atoms with Crippen molar-refractivity contribution >= 4 is 28.9 Å². The molecule has 1 aliphatic rings. The van der Waals surface area contributed by atoms with Crippen molar-refractivity contribution in [3.05, 3.63) is 63.7 Å². The molecule has 1 heterocycles. The van der Waals surface area contributed by atoms with Crippen LogP contribution in [0.5, 0.6) is 0 Å². The van der Waals surface area contributed by atoms with E-state index in [-0.39, 0.29) is 16.9 Å². The van der Waals surface area contributed by atoms with Crippen molar-refractivity contribution in [1.82, 2.24) is 0 Å². The van der Waals surface area contributed by atoms with E-state index in [1.807, 2.05) is 4.90 Å². The smallest absolute Gasteiger partial charge is 0.341 e. The molecule has 1 saturated heterocycles. The van der Waals surface area contributed by atoms with Crippen LogP contribution in [0.3, 0.4) is 0 Å². The molecule has 0 spiro atoms. The number of hydrogen-bond donors (Lipinski definition) is 1. The van der Waals surface area contributed by atoms with Crippen molar-refractivity contribution in [2.45, 2.75) is 12.8 Å². The molecule has 2 aromatic rings. The van der Waals surface area contributed by atoms with E-state index in [1.165, 1.54) is 12.1 Å². The van der Waals surface area contributed by atoms with Gasteiger partial charge in [-0.2, -0.15) is 0 Å². The maximum atomic E-state index is 13.2. The number of nitro benzene ring substituents is 1. The number of carbonyl (C=O) groups is 2. The predicted molar refractivity (Wildman–Crippen MR) is 99.8 cm³/mol. The second-order valence-electron chi connectivity index (χ2n) is 6.44. The largest absolute Gasteiger partial charge is 0.452 e. The number of benzene rings is 2. The first-order valence-corrected chi connectivity index (χ1v) is 8.80. The fraction of sp³-hybridized carbons (Fsp3) is 0.263. The molecule has 0 radical (unpaired) electrons. The van der Waals surface area contributed by atoms with Gasteiger partial charge in [-0.3, -0.25) is 14.9 Å². The van der Waals surface area contributed by atoms with E-state index >= 15 is 0 Å². The SMILES string of the molecule is O=C(COC(=O)c1cc([N+](=O)[O-])ccc1N1CCCC1)Nc1cc(F)cc(F)c1. The number of nitro groups is 1. The number of nitrogens with one attached hydrogen (secondary N) is 1. The highest BCUT2D eigenvalue weighted by Crippen LogP contribution is 2.29. The van der Waals surface area contributed by atoms with Crippen molar-refractivity contribution in [3.8, 4) is 0 Å². The molecule has 8 nitrogen and oxygen atoms in total. The van der Waals surface area contributed by atoms with E-state index in [0.29, 0.717) is 24.8 Å². The minimum absolute atomic E-state index is 0.0225. The standard InChI is InChI=1S/C19H17F2N3O5/c20-12-7-13(21)9-14(8-12)22-18(25)11-29-19(26)16-10-15(24(27)28)3-4-17(16)23-5-1-2-6-23/h3-4,7-10H,1-2,5-6,11H2,(H,22,25). The molecule has 0 atom stereocenters. The summed E-state index contributed by atoms with van der Waals surface area (Å²) in [5, 5.41) is 13.3. The van der Waals surface area contributed by atoms with Crippen molar-refractivity contribution in [3.63, 3.8) is 0 Å². The summed E-state index contributed by atoms with van der Waals surface area (Å²) in [6, 6.07) is 6.36. The first kappa shape index (κ1) is 20.2. The Morgan fingerprint density at radius 1 is 1.10 bits per heavy atom. The van der Waals surface area contributed by atoms with Gasteiger partial charge in [-0.1, -0.05) is 0 Å². The lowest BCUT2D eigenvalue weighted by Crippen LogP contribution is -2.24. The molecule has 10 heteroatoms. The molecule has 3 rings (SSSR count). The average Bonchev–Trinajstić information content (AvgIpc) is 3.19. The van der Waals surface area contributed by atoms with Gasteiger partial charge in [0.25, 0.3) is 11.6 Å². The third-order valence-electron chi connectivity index (χ3n) is 4.34. The molecule has 29 heavy (non-hydrogen) atoms. The van der Waals surface area contributed by atoms with Crippen molar-refractivity contribution < 1.29 is 28.0 Å². The van der Waals surface area contributed by atoms with Gasteiger partial charge in [0.1, 0.15) is 11.6 Å². The second-order valence-corrected chi connectivity index (χ2v) is 6.44. The highest BCUT2D eigenvalue weighted by atomic mass is 19.1. The van der Waals surface area contributed by atoms with Gasteiger partial charge in [0.15, 0.2) is 6.61 Å². The van der Waals surface area contributed by atoms with Crippen LogP contribution in [0, 0.1) is 21.7 Å². The zero-order valence-corrected chi connectivity index (χ0v) is 15.2. The van der Waals surface area contributed by atoms with Crippen LogP contribution in [0.2, 0.25) is 0 Å². The monoisotopic (exact) mass is 405 g/mol.